The topological polar surface area (TPSA) is 46.5 Å². The van der Waals surface area contributed by atoms with E-state index < -0.39 is 23.4 Å². The van der Waals surface area contributed by atoms with Crippen molar-refractivity contribution in [3.63, 3.8) is 0 Å². The van der Waals surface area contributed by atoms with Gasteiger partial charge in [0.25, 0.3) is 0 Å². The van der Waals surface area contributed by atoms with E-state index >= 15 is 0 Å². The Labute approximate surface area is 183 Å². The van der Waals surface area contributed by atoms with Gasteiger partial charge in [0, 0.05) is 6.07 Å². The van der Waals surface area contributed by atoms with Gasteiger partial charge in [-0.2, -0.15) is 0 Å². The first-order valence-electron chi connectivity index (χ1n) is 9.92. The van der Waals surface area contributed by atoms with Gasteiger partial charge in [0.05, 0.1) is 6.42 Å². The third kappa shape index (κ3) is 4.44. The second kappa shape index (κ2) is 8.75. The zero-order valence-electron chi connectivity index (χ0n) is 17.2. The Kier molecular flexibility index (Phi) is 5.86. The fraction of sp³-hybridized carbons (Fsp3) is 0.115. The summed E-state index contributed by atoms with van der Waals surface area (Å²) in [5.41, 5.74) is 5.14. The van der Waals surface area contributed by atoms with E-state index in [0.717, 1.165) is 40.0 Å². The number of aliphatic carboxylic acids is 1. The molecular formula is C26H19F3O3. The summed E-state index contributed by atoms with van der Waals surface area (Å²) >= 11 is 0. The van der Waals surface area contributed by atoms with E-state index in [0.29, 0.717) is 11.1 Å². The Morgan fingerprint density at radius 1 is 0.969 bits per heavy atom. The molecule has 1 N–H and O–H groups in total. The minimum atomic E-state index is -0.983. The van der Waals surface area contributed by atoms with E-state index in [1.807, 2.05) is 37.3 Å². The van der Waals surface area contributed by atoms with Gasteiger partial charge >= 0.3 is 5.97 Å². The van der Waals surface area contributed by atoms with Crippen LogP contribution >= 0.6 is 0 Å². The number of carbonyl (C=O) groups is 1. The maximum absolute atomic E-state index is 13.8. The number of hydrogen-bond acceptors (Lipinski definition) is 2. The first kappa shape index (κ1) is 21.4. The summed E-state index contributed by atoms with van der Waals surface area (Å²) in [7, 11) is 0. The van der Waals surface area contributed by atoms with Gasteiger partial charge in [-0.1, -0.05) is 24.3 Å². The third-order valence-electron chi connectivity index (χ3n) is 5.33. The van der Waals surface area contributed by atoms with E-state index in [1.165, 1.54) is 18.2 Å². The van der Waals surface area contributed by atoms with Crippen LogP contribution in [0.2, 0.25) is 0 Å². The number of ether oxygens (including phenoxy) is 1. The molecule has 0 saturated carbocycles. The molecule has 1 aliphatic rings. The number of allylic oxidation sites excluding steroid dienone is 2. The number of carboxylic acids is 1. The molecule has 0 fully saturated rings. The molecule has 0 saturated heterocycles. The van der Waals surface area contributed by atoms with Crippen LogP contribution in [0.25, 0.3) is 17.2 Å². The number of halogens is 3. The highest BCUT2D eigenvalue weighted by Gasteiger charge is 2.25. The van der Waals surface area contributed by atoms with Crippen LogP contribution in [0.15, 0.2) is 66.2 Å². The number of benzene rings is 3. The van der Waals surface area contributed by atoms with Crippen LogP contribution in [0.3, 0.4) is 0 Å². The maximum Gasteiger partial charge on any atom is 0.307 e. The first-order valence-corrected chi connectivity index (χ1v) is 9.92. The van der Waals surface area contributed by atoms with Gasteiger partial charge in [0.1, 0.15) is 18.2 Å². The lowest BCUT2D eigenvalue weighted by Crippen LogP contribution is -1.98. The van der Waals surface area contributed by atoms with Gasteiger partial charge in [-0.25, -0.2) is 13.2 Å². The lowest BCUT2D eigenvalue weighted by molar-refractivity contribution is -0.135. The average Bonchev–Trinajstić information content (AvgIpc) is 2.98. The molecule has 0 unspecified atom stereocenters. The fourth-order valence-electron chi connectivity index (χ4n) is 3.83. The smallest absolute Gasteiger partial charge is 0.307 e. The Morgan fingerprint density at radius 2 is 1.72 bits per heavy atom. The molecule has 32 heavy (non-hydrogen) atoms. The van der Waals surface area contributed by atoms with E-state index in [4.69, 9.17) is 4.74 Å². The average molecular weight is 436 g/mol. The molecule has 3 aromatic carbocycles. The number of rotatable bonds is 6. The van der Waals surface area contributed by atoms with Crippen LogP contribution < -0.4 is 4.74 Å². The van der Waals surface area contributed by atoms with Gasteiger partial charge in [-0.3, -0.25) is 4.79 Å². The van der Waals surface area contributed by atoms with E-state index in [2.05, 4.69) is 0 Å². The molecular weight excluding hydrogens is 417 g/mol. The van der Waals surface area contributed by atoms with Crippen LogP contribution in [0.5, 0.6) is 5.75 Å². The molecule has 0 heterocycles. The number of fused-ring (bicyclic) bond motifs is 1. The highest BCUT2D eigenvalue weighted by Crippen LogP contribution is 2.43. The van der Waals surface area contributed by atoms with Crippen molar-refractivity contribution < 1.29 is 27.8 Å². The summed E-state index contributed by atoms with van der Waals surface area (Å²) in [6.45, 7) is 1.91. The summed E-state index contributed by atoms with van der Waals surface area (Å²) in [4.78, 5) is 11.3. The molecule has 3 nitrogen and oxygen atoms in total. The second-order valence-corrected chi connectivity index (χ2v) is 7.53. The van der Waals surface area contributed by atoms with E-state index in [9.17, 15) is 23.1 Å². The Bertz CT molecular complexity index is 1280. The van der Waals surface area contributed by atoms with Gasteiger partial charge in [0.2, 0.25) is 0 Å². The summed E-state index contributed by atoms with van der Waals surface area (Å²) < 4.78 is 46.2. The van der Waals surface area contributed by atoms with Crippen molar-refractivity contribution in [2.75, 3.05) is 0 Å². The minimum Gasteiger partial charge on any atom is -0.486 e. The van der Waals surface area contributed by atoms with Crippen molar-refractivity contribution in [1.29, 1.82) is 0 Å². The van der Waals surface area contributed by atoms with Gasteiger partial charge < -0.3 is 9.84 Å². The minimum absolute atomic E-state index is 0.0426. The van der Waals surface area contributed by atoms with Crippen molar-refractivity contribution >= 4 is 23.2 Å². The van der Waals surface area contributed by atoms with Crippen LogP contribution in [-0.2, 0) is 11.4 Å². The highest BCUT2D eigenvalue weighted by atomic mass is 19.1. The molecule has 3 aromatic rings. The molecule has 162 valence electrons. The predicted octanol–water partition coefficient (Wildman–Crippen LogP) is 6.49. The Morgan fingerprint density at radius 3 is 2.47 bits per heavy atom. The predicted molar refractivity (Wildman–Crippen MR) is 116 cm³/mol. The third-order valence-corrected chi connectivity index (χ3v) is 5.33. The molecule has 0 radical (unpaired) electrons. The first-order chi connectivity index (χ1) is 15.3. The van der Waals surface area contributed by atoms with Gasteiger partial charge in [-0.15, -0.1) is 0 Å². The normalized spacial score (nSPS) is 14.1. The van der Waals surface area contributed by atoms with Crippen LogP contribution in [0.1, 0.15) is 35.6 Å². The molecule has 6 heteroatoms. The van der Waals surface area contributed by atoms with Crippen molar-refractivity contribution in [1.82, 2.24) is 0 Å². The Hall–Kier alpha value is -3.80. The molecule has 4 rings (SSSR count). The maximum atomic E-state index is 13.8. The summed E-state index contributed by atoms with van der Waals surface area (Å²) in [5.74, 6) is -2.90. The summed E-state index contributed by atoms with van der Waals surface area (Å²) in [6.07, 6.45) is 1.71. The lowest BCUT2D eigenvalue weighted by atomic mass is 10.00. The van der Waals surface area contributed by atoms with Crippen molar-refractivity contribution in [3.05, 3.63) is 106 Å². The molecule has 0 bridgehead atoms. The van der Waals surface area contributed by atoms with Crippen molar-refractivity contribution in [2.24, 2.45) is 0 Å². The monoisotopic (exact) mass is 436 g/mol. The van der Waals surface area contributed by atoms with Crippen LogP contribution in [-0.4, -0.2) is 11.1 Å². The van der Waals surface area contributed by atoms with Crippen LogP contribution in [0, 0.1) is 17.5 Å². The molecule has 0 spiro atoms. The highest BCUT2D eigenvalue weighted by molar-refractivity contribution is 6.07. The largest absolute Gasteiger partial charge is 0.486 e. The van der Waals surface area contributed by atoms with Gasteiger partial charge in [0.15, 0.2) is 11.6 Å². The Balaban J connectivity index is 1.64. The standard InChI is InChI=1S/C26H19F3O3/c1-15-21(20-7-5-18(27)11-23(20)22(15)13-26(30)31)10-16-3-2-4-17(9-16)14-32-25-8-6-19(28)12-24(25)29/h2-12H,13-14H2,1H3,(H,30,31)/b21-10+. The zero-order chi connectivity index (χ0) is 22.8. The zero-order valence-corrected chi connectivity index (χ0v) is 17.2. The number of hydrogen-bond donors (Lipinski definition) is 1. The SMILES string of the molecule is CC1=C(CC(=O)O)c2cc(F)ccc2/C1=C/c1cccc(COc2ccc(F)cc2F)c1. The molecule has 0 atom stereocenters. The molecule has 0 amide bonds. The van der Waals surface area contributed by atoms with Crippen molar-refractivity contribution in [3.8, 4) is 5.75 Å². The number of carboxylic acid groups (broad SMARTS) is 1. The van der Waals surface area contributed by atoms with Crippen LogP contribution in [0.4, 0.5) is 13.2 Å². The lowest BCUT2D eigenvalue weighted by Gasteiger charge is -2.09. The fourth-order valence-corrected chi connectivity index (χ4v) is 3.83. The summed E-state index contributed by atoms with van der Waals surface area (Å²) in [6, 6.07) is 14.9. The quantitative estimate of drug-likeness (QED) is 0.481. The molecule has 0 aliphatic heterocycles. The molecule has 0 aromatic heterocycles. The summed E-state index contributed by atoms with van der Waals surface area (Å²) in [5, 5.41) is 9.28. The second-order valence-electron chi connectivity index (χ2n) is 7.53. The van der Waals surface area contributed by atoms with E-state index in [-0.39, 0.29) is 18.8 Å². The molecule has 1 aliphatic carbocycles. The van der Waals surface area contributed by atoms with Gasteiger partial charge in [-0.05, 0) is 82.3 Å². The van der Waals surface area contributed by atoms with E-state index in [1.54, 1.807) is 6.07 Å². The van der Waals surface area contributed by atoms with Crippen molar-refractivity contribution in [2.45, 2.75) is 20.0 Å².